The van der Waals surface area contributed by atoms with Crippen LogP contribution < -0.4 is 10.1 Å². The lowest BCUT2D eigenvalue weighted by molar-refractivity contribution is -0.123. The van der Waals surface area contributed by atoms with E-state index in [4.69, 9.17) is 20.8 Å². The summed E-state index contributed by atoms with van der Waals surface area (Å²) in [5, 5.41) is 3.42. The summed E-state index contributed by atoms with van der Waals surface area (Å²) >= 11 is 5.91. The fourth-order valence-corrected chi connectivity index (χ4v) is 2.41. The number of fused-ring (bicyclic) bond motifs is 1. The molecule has 0 unspecified atom stereocenters. The SMILES string of the molecule is Cc1nc2c(OCC(=O)NCc3cccc(Cl)c3)cccc2o1. The van der Waals surface area contributed by atoms with E-state index in [9.17, 15) is 4.79 Å². The third-order valence-electron chi connectivity index (χ3n) is 3.23. The Kier molecular flexibility index (Phi) is 4.48. The van der Waals surface area contributed by atoms with Gasteiger partial charge in [0.15, 0.2) is 23.6 Å². The van der Waals surface area contributed by atoms with Crippen molar-refractivity contribution in [2.75, 3.05) is 6.61 Å². The average Bonchev–Trinajstić information content (AvgIpc) is 2.91. The minimum absolute atomic E-state index is 0.0917. The molecule has 1 aromatic heterocycles. The number of oxazole rings is 1. The Morgan fingerprint density at radius 1 is 1.30 bits per heavy atom. The van der Waals surface area contributed by atoms with Gasteiger partial charge in [0.1, 0.15) is 5.75 Å². The fourth-order valence-electron chi connectivity index (χ4n) is 2.19. The maximum Gasteiger partial charge on any atom is 0.258 e. The normalized spacial score (nSPS) is 10.7. The van der Waals surface area contributed by atoms with Crippen molar-refractivity contribution in [3.8, 4) is 5.75 Å². The highest BCUT2D eigenvalue weighted by Gasteiger charge is 2.10. The molecule has 3 rings (SSSR count). The number of benzene rings is 2. The Hall–Kier alpha value is -2.53. The van der Waals surface area contributed by atoms with Crippen molar-refractivity contribution < 1.29 is 13.9 Å². The summed E-state index contributed by atoms with van der Waals surface area (Å²) in [6, 6.07) is 12.7. The van der Waals surface area contributed by atoms with Crippen molar-refractivity contribution >= 4 is 28.6 Å². The highest BCUT2D eigenvalue weighted by Crippen LogP contribution is 2.25. The van der Waals surface area contributed by atoms with E-state index in [2.05, 4.69) is 10.3 Å². The quantitative estimate of drug-likeness (QED) is 0.777. The summed E-state index contributed by atoms with van der Waals surface area (Å²) in [5.41, 5.74) is 2.19. The third-order valence-corrected chi connectivity index (χ3v) is 3.46. The number of para-hydroxylation sites is 1. The first-order valence-corrected chi connectivity index (χ1v) is 7.50. The molecular weight excluding hydrogens is 316 g/mol. The molecule has 1 heterocycles. The summed E-state index contributed by atoms with van der Waals surface area (Å²) in [5.74, 6) is 0.862. The number of hydrogen-bond donors (Lipinski definition) is 1. The van der Waals surface area contributed by atoms with Gasteiger partial charge in [0.05, 0.1) is 0 Å². The van der Waals surface area contributed by atoms with Gasteiger partial charge in [0.25, 0.3) is 5.91 Å². The molecule has 0 radical (unpaired) electrons. The van der Waals surface area contributed by atoms with Crippen LogP contribution in [-0.4, -0.2) is 17.5 Å². The van der Waals surface area contributed by atoms with Gasteiger partial charge in [0.2, 0.25) is 0 Å². The fraction of sp³-hybridized carbons (Fsp3) is 0.176. The molecule has 0 bridgehead atoms. The molecule has 0 aliphatic rings. The molecule has 5 nitrogen and oxygen atoms in total. The molecule has 0 saturated carbocycles. The van der Waals surface area contributed by atoms with E-state index in [0.29, 0.717) is 34.3 Å². The molecule has 0 fully saturated rings. The molecule has 0 saturated heterocycles. The Morgan fingerprint density at radius 3 is 2.96 bits per heavy atom. The maximum absolute atomic E-state index is 11.9. The van der Waals surface area contributed by atoms with E-state index in [-0.39, 0.29) is 12.5 Å². The average molecular weight is 331 g/mol. The lowest BCUT2D eigenvalue weighted by Gasteiger charge is -2.08. The number of nitrogens with one attached hydrogen (secondary N) is 1. The Balaban J connectivity index is 1.58. The predicted octanol–water partition coefficient (Wildman–Crippen LogP) is 3.48. The zero-order valence-electron chi connectivity index (χ0n) is 12.5. The lowest BCUT2D eigenvalue weighted by atomic mass is 10.2. The largest absolute Gasteiger partial charge is 0.481 e. The number of halogens is 1. The van der Waals surface area contributed by atoms with E-state index in [0.717, 1.165) is 5.56 Å². The van der Waals surface area contributed by atoms with Crippen molar-refractivity contribution in [1.82, 2.24) is 10.3 Å². The van der Waals surface area contributed by atoms with Crippen molar-refractivity contribution in [2.24, 2.45) is 0 Å². The first-order chi connectivity index (χ1) is 11.1. The van der Waals surface area contributed by atoms with Gasteiger partial charge in [-0.05, 0) is 29.8 Å². The van der Waals surface area contributed by atoms with Gasteiger partial charge in [0, 0.05) is 18.5 Å². The Bertz CT molecular complexity index is 845. The molecule has 3 aromatic rings. The number of amides is 1. The number of ether oxygens (including phenoxy) is 1. The van der Waals surface area contributed by atoms with Gasteiger partial charge in [-0.25, -0.2) is 4.98 Å². The standard InChI is InChI=1S/C17H15ClN2O3/c1-11-20-17-14(6-3-7-15(17)23-11)22-10-16(21)19-9-12-4-2-5-13(18)8-12/h2-8H,9-10H2,1H3,(H,19,21). The van der Waals surface area contributed by atoms with E-state index in [1.165, 1.54) is 0 Å². The summed E-state index contributed by atoms with van der Waals surface area (Å²) < 4.78 is 11.0. The second-order valence-electron chi connectivity index (χ2n) is 5.03. The predicted molar refractivity (Wildman–Crippen MR) is 87.5 cm³/mol. The zero-order valence-corrected chi connectivity index (χ0v) is 13.3. The van der Waals surface area contributed by atoms with Crippen LogP contribution in [0.2, 0.25) is 5.02 Å². The minimum Gasteiger partial charge on any atom is -0.481 e. The van der Waals surface area contributed by atoms with Crippen LogP contribution in [0.25, 0.3) is 11.1 Å². The van der Waals surface area contributed by atoms with E-state index < -0.39 is 0 Å². The first kappa shape index (κ1) is 15.4. The van der Waals surface area contributed by atoms with Crippen LogP contribution in [0.5, 0.6) is 5.75 Å². The zero-order chi connectivity index (χ0) is 16.2. The van der Waals surface area contributed by atoms with E-state index >= 15 is 0 Å². The summed E-state index contributed by atoms with van der Waals surface area (Å²) in [6.07, 6.45) is 0. The highest BCUT2D eigenvalue weighted by atomic mass is 35.5. The third kappa shape index (κ3) is 3.81. The number of nitrogens with zero attached hydrogens (tertiary/aromatic N) is 1. The number of carbonyl (C=O) groups is 1. The maximum atomic E-state index is 11.9. The van der Waals surface area contributed by atoms with Crippen LogP contribution in [0.1, 0.15) is 11.5 Å². The summed E-state index contributed by atoms with van der Waals surface area (Å²) in [4.78, 5) is 16.2. The summed E-state index contributed by atoms with van der Waals surface area (Å²) in [7, 11) is 0. The topological polar surface area (TPSA) is 64.4 Å². The van der Waals surface area contributed by atoms with Gasteiger partial charge >= 0.3 is 0 Å². The molecule has 0 spiro atoms. The van der Waals surface area contributed by atoms with Crippen LogP contribution in [-0.2, 0) is 11.3 Å². The van der Waals surface area contributed by atoms with Crippen LogP contribution >= 0.6 is 11.6 Å². The molecule has 118 valence electrons. The van der Waals surface area contributed by atoms with Gasteiger partial charge in [-0.15, -0.1) is 0 Å². The second kappa shape index (κ2) is 6.71. The van der Waals surface area contributed by atoms with Crippen LogP contribution in [0, 0.1) is 6.92 Å². The van der Waals surface area contributed by atoms with Crippen LogP contribution in [0.3, 0.4) is 0 Å². The Labute approximate surface area is 138 Å². The second-order valence-corrected chi connectivity index (χ2v) is 5.47. The molecule has 2 aromatic carbocycles. The van der Waals surface area contributed by atoms with Crippen molar-refractivity contribution in [3.05, 3.63) is 58.9 Å². The molecular formula is C17H15ClN2O3. The molecule has 1 N–H and O–H groups in total. The molecule has 23 heavy (non-hydrogen) atoms. The highest BCUT2D eigenvalue weighted by molar-refractivity contribution is 6.30. The monoisotopic (exact) mass is 330 g/mol. The first-order valence-electron chi connectivity index (χ1n) is 7.12. The van der Waals surface area contributed by atoms with Crippen molar-refractivity contribution in [2.45, 2.75) is 13.5 Å². The van der Waals surface area contributed by atoms with Gasteiger partial charge in [-0.3, -0.25) is 4.79 Å². The number of hydrogen-bond acceptors (Lipinski definition) is 4. The lowest BCUT2D eigenvalue weighted by Crippen LogP contribution is -2.28. The number of carbonyl (C=O) groups excluding carboxylic acids is 1. The smallest absolute Gasteiger partial charge is 0.258 e. The van der Waals surface area contributed by atoms with Gasteiger partial charge in [-0.1, -0.05) is 29.8 Å². The van der Waals surface area contributed by atoms with Crippen molar-refractivity contribution in [3.63, 3.8) is 0 Å². The van der Waals surface area contributed by atoms with Crippen LogP contribution in [0.15, 0.2) is 46.9 Å². The molecule has 0 aliphatic heterocycles. The molecule has 0 aliphatic carbocycles. The van der Waals surface area contributed by atoms with Gasteiger partial charge < -0.3 is 14.5 Å². The number of aromatic nitrogens is 1. The van der Waals surface area contributed by atoms with E-state index in [1.807, 2.05) is 18.2 Å². The van der Waals surface area contributed by atoms with Crippen LogP contribution in [0.4, 0.5) is 0 Å². The minimum atomic E-state index is -0.220. The number of aryl methyl sites for hydroxylation is 1. The van der Waals surface area contributed by atoms with E-state index in [1.54, 1.807) is 31.2 Å². The van der Waals surface area contributed by atoms with Gasteiger partial charge in [-0.2, -0.15) is 0 Å². The molecule has 6 heteroatoms. The molecule has 1 amide bonds. The van der Waals surface area contributed by atoms with Crippen molar-refractivity contribution in [1.29, 1.82) is 0 Å². The Morgan fingerprint density at radius 2 is 2.13 bits per heavy atom. The molecule has 0 atom stereocenters. The number of rotatable bonds is 5. The summed E-state index contributed by atoms with van der Waals surface area (Å²) in [6.45, 7) is 2.07.